The normalized spacial score (nSPS) is 18.4. The van der Waals surface area contributed by atoms with Crippen LogP contribution in [0.1, 0.15) is 18.4 Å². The minimum Gasteiger partial charge on any atom is -0.380 e. The predicted molar refractivity (Wildman–Crippen MR) is 97.0 cm³/mol. The van der Waals surface area contributed by atoms with Crippen LogP contribution in [-0.4, -0.2) is 38.3 Å². The number of methoxy groups -OCH3 is 1. The van der Waals surface area contributed by atoms with Gasteiger partial charge >= 0.3 is 0 Å². The summed E-state index contributed by atoms with van der Waals surface area (Å²) in [5.74, 6) is -0.299. The van der Waals surface area contributed by atoms with E-state index in [-0.39, 0.29) is 10.1 Å². The lowest BCUT2D eigenvalue weighted by Crippen LogP contribution is -2.42. The fourth-order valence-corrected chi connectivity index (χ4v) is 5.72. The molecule has 1 aliphatic rings. The van der Waals surface area contributed by atoms with E-state index in [9.17, 15) is 13.2 Å². The summed E-state index contributed by atoms with van der Waals surface area (Å²) >= 11 is 1.17. The molecule has 25 heavy (non-hydrogen) atoms. The molecule has 134 valence electrons. The molecule has 6 nitrogen and oxygen atoms in total. The Morgan fingerprint density at radius 2 is 2.20 bits per heavy atom. The van der Waals surface area contributed by atoms with Crippen LogP contribution in [0.15, 0.2) is 46.0 Å². The second-order valence-corrected chi connectivity index (χ2v) is 8.89. The number of hydrogen-bond donors (Lipinski definition) is 1. The van der Waals surface area contributed by atoms with E-state index >= 15 is 0 Å². The number of sulfonamides is 1. The number of hydrogen-bond acceptors (Lipinski definition) is 5. The number of nitrogens with zero attached hydrogens (tertiary/aromatic N) is 1. The first kappa shape index (κ1) is 18.1. The van der Waals surface area contributed by atoms with Gasteiger partial charge in [0.1, 0.15) is 10.3 Å². The molecule has 0 saturated carbocycles. The van der Waals surface area contributed by atoms with Gasteiger partial charge in [0.2, 0.25) is 5.91 Å². The van der Waals surface area contributed by atoms with Crippen LogP contribution in [0.25, 0.3) is 0 Å². The first-order chi connectivity index (χ1) is 12.0. The van der Waals surface area contributed by atoms with E-state index in [1.165, 1.54) is 15.6 Å². The molecule has 1 N–H and O–H groups in total. The van der Waals surface area contributed by atoms with Crippen molar-refractivity contribution in [2.45, 2.75) is 29.7 Å². The van der Waals surface area contributed by atoms with Gasteiger partial charge in [0, 0.05) is 19.3 Å². The highest BCUT2D eigenvalue weighted by atomic mass is 32.2. The molecular weight excluding hydrogens is 360 g/mol. The Labute approximate surface area is 151 Å². The molecule has 1 amide bonds. The monoisotopic (exact) mass is 380 g/mol. The molecule has 1 unspecified atom stereocenters. The summed E-state index contributed by atoms with van der Waals surface area (Å²) in [4.78, 5) is 12.7. The first-order valence-electron chi connectivity index (χ1n) is 7.96. The molecule has 3 rings (SSSR count). The summed E-state index contributed by atoms with van der Waals surface area (Å²) in [5, 5.41) is 4.55. The zero-order valence-corrected chi connectivity index (χ0v) is 15.5. The third-order valence-electron chi connectivity index (χ3n) is 4.07. The second-order valence-electron chi connectivity index (χ2n) is 5.83. The van der Waals surface area contributed by atoms with E-state index < -0.39 is 16.1 Å². The van der Waals surface area contributed by atoms with Gasteiger partial charge in [-0.1, -0.05) is 18.2 Å². The fourth-order valence-electron chi connectivity index (χ4n) is 2.95. The number of carbonyl (C=O) groups is 1. The number of carbonyl (C=O) groups excluding carboxylic acids is 1. The van der Waals surface area contributed by atoms with Crippen molar-refractivity contribution < 1.29 is 17.9 Å². The van der Waals surface area contributed by atoms with Crippen molar-refractivity contribution in [3.05, 3.63) is 47.3 Å². The topological polar surface area (TPSA) is 75.7 Å². The molecule has 8 heteroatoms. The molecule has 2 aromatic rings. The van der Waals surface area contributed by atoms with Gasteiger partial charge in [0.05, 0.1) is 6.61 Å². The van der Waals surface area contributed by atoms with Gasteiger partial charge in [-0.2, -0.15) is 4.31 Å². The Morgan fingerprint density at radius 1 is 1.36 bits per heavy atom. The predicted octanol–water partition coefficient (Wildman–Crippen LogP) is 2.69. The van der Waals surface area contributed by atoms with Gasteiger partial charge in [0.25, 0.3) is 10.0 Å². The van der Waals surface area contributed by atoms with E-state index in [0.29, 0.717) is 31.7 Å². The third kappa shape index (κ3) is 3.92. The maximum atomic E-state index is 12.7. The quantitative estimate of drug-likeness (QED) is 0.836. The molecule has 0 aliphatic carbocycles. The Morgan fingerprint density at radius 3 is 2.92 bits per heavy atom. The minimum absolute atomic E-state index is 0.272. The van der Waals surface area contributed by atoms with Crippen molar-refractivity contribution in [3.63, 3.8) is 0 Å². The van der Waals surface area contributed by atoms with Gasteiger partial charge in [-0.15, -0.1) is 11.3 Å². The summed E-state index contributed by atoms with van der Waals surface area (Å²) in [6.45, 7) is 0.814. The van der Waals surface area contributed by atoms with Crippen molar-refractivity contribution in [2.75, 3.05) is 19.0 Å². The van der Waals surface area contributed by atoms with Crippen LogP contribution in [0.2, 0.25) is 0 Å². The Balaban J connectivity index is 1.76. The molecule has 1 atom stereocenters. The summed E-state index contributed by atoms with van der Waals surface area (Å²) in [6.07, 6.45) is 1.20. The second kappa shape index (κ2) is 7.65. The highest BCUT2D eigenvalue weighted by Crippen LogP contribution is 2.29. The third-order valence-corrected chi connectivity index (χ3v) is 7.35. The van der Waals surface area contributed by atoms with Crippen molar-refractivity contribution in [2.24, 2.45) is 0 Å². The molecule has 1 saturated heterocycles. The standard InChI is InChI=1S/C17H20N2O4S2/c1-23-12-13-5-2-6-14(11-13)18-17(20)15-7-3-9-19(15)25(21,22)16-8-4-10-24-16/h2,4-6,8,10-11,15H,3,7,9,12H2,1H3,(H,18,20). The number of anilines is 1. The number of amides is 1. The van der Waals surface area contributed by atoms with E-state index in [2.05, 4.69) is 5.32 Å². The maximum Gasteiger partial charge on any atom is 0.253 e. The van der Waals surface area contributed by atoms with Crippen LogP contribution in [0.3, 0.4) is 0 Å². The molecule has 1 fully saturated rings. The van der Waals surface area contributed by atoms with Crippen LogP contribution in [0.5, 0.6) is 0 Å². The van der Waals surface area contributed by atoms with Gasteiger partial charge in [-0.05, 0) is 42.0 Å². The van der Waals surface area contributed by atoms with Crippen molar-refractivity contribution in [3.8, 4) is 0 Å². The fraction of sp³-hybridized carbons (Fsp3) is 0.353. The molecule has 1 aliphatic heterocycles. The lowest BCUT2D eigenvalue weighted by molar-refractivity contribution is -0.119. The highest BCUT2D eigenvalue weighted by molar-refractivity contribution is 7.91. The highest BCUT2D eigenvalue weighted by Gasteiger charge is 2.39. The van der Waals surface area contributed by atoms with Gasteiger partial charge in [0.15, 0.2) is 0 Å². The molecule has 0 spiro atoms. The SMILES string of the molecule is COCc1cccc(NC(=O)C2CCCN2S(=O)(=O)c2cccs2)c1. The lowest BCUT2D eigenvalue weighted by atomic mass is 10.2. The Hall–Kier alpha value is -1.74. The Bertz CT molecular complexity index is 834. The van der Waals surface area contributed by atoms with E-state index in [1.807, 2.05) is 18.2 Å². The van der Waals surface area contributed by atoms with Gasteiger partial charge in [-0.25, -0.2) is 8.42 Å². The van der Waals surface area contributed by atoms with Crippen LogP contribution in [-0.2, 0) is 26.2 Å². The van der Waals surface area contributed by atoms with E-state index in [4.69, 9.17) is 4.74 Å². The molecule has 0 radical (unpaired) electrons. The molecular formula is C17H20N2O4S2. The number of rotatable bonds is 6. The summed E-state index contributed by atoms with van der Waals surface area (Å²) in [7, 11) is -2.02. The van der Waals surface area contributed by atoms with Crippen molar-refractivity contribution >= 4 is 33.0 Å². The number of benzene rings is 1. The smallest absolute Gasteiger partial charge is 0.253 e. The van der Waals surface area contributed by atoms with Crippen LogP contribution < -0.4 is 5.32 Å². The lowest BCUT2D eigenvalue weighted by Gasteiger charge is -2.22. The minimum atomic E-state index is -3.63. The van der Waals surface area contributed by atoms with Crippen LogP contribution >= 0.6 is 11.3 Å². The maximum absolute atomic E-state index is 12.7. The van der Waals surface area contributed by atoms with Crippen molar-refractivity contribution in [1.29, 1.82) is 0 Å². The van der Waals surface area contributed by atoms with Gasteiger partial charge in [-0.3, -0.25) is 4.79 Å². The largest absolute Gasteiger partial charge is 0.380 e. The number of ether oxygens (including phenoxy) is 1. The zero-order chi connectivity index (χ0) is 17.9. The summed E-state index contributed by atoms with van der Waals surface area (Å²) in [5.41, 5.74) is 1.58. The number of thiophene rings is 1. The average molecular weight is 380 g/mol. The molecule has 1 aromatic carbocycles. The van der Waals surface area contributed by atoms with Crippen LogP contribution in [0.4, 0.5) is 5.69 Å². The van der Waals surface area contributed by atoms with Gasteiger partial charge < -0.3 is 10.1 Å². The zero-order valence-electron chi connectivity index (χ0n) is 13.8. The van der Waals surface area contributed by atoms with E-state index in [1.54, 1.807) is 30.7 Å². The van der Waals surface area contributed by atoms with Crippen LogP contribution in [0, 0.1) is 0 Å². The summed E-state index contributed by atoms with van der Waals surface area (Å²) in [6, 6.07) is 9.93. The Kier molecular flexibility index (Phi) is 5.53. The first-order valence-corrected chi connectivity index (χ1v) is 10.3. The average Bonchev–Trinajstić information content (AvgIpc) is 3.28. The summed E-state index contributed by atoms with van der Waals surface area (Å²) < 4.78 is 32.2. The molecule has 1 aromatic heterocycles. The van der Waals surface area contributed by atoms with Crippen molar-refractivity contribution in [1.82, 2.24) is 4.31 Å². The molecule has 0 bridgehead atoms. The number of nitrogens with one attached hydrogen (secondary N) is 1. The van der Waals surface area contributed by atoms with E-state index in [0.717, 1.165) is 5.56 Å². The molecule has 2 heterocycles.